The molecule has 0 aromatic rings. The zero-order valence-electron chi connectivity index (χ0n) is 59.1. The number of unbranched alkanes of at least 4 members (excludes halogenated alkanes) is 39. The first kappa shape index (κ1) is 89.1. The van der Waals surface area contributed by atoms with Gasteiger partial charge in [-0.2, -0.15) is 0 Å². The van der Waals surface area contributed by atoms with Gasteiger partial charge in [-0.15, -0.1) is 0 Å². The Kier molecular flexibility index (Phi) is 62.7. The maximum atomic E-state index is 13.0. The molecule has 91 heavy (non-hydrogen) atoms. The smallest absolute Gasteiger partial charge is 0.462 e. The summed E-state index contributed by atoms with van der Waals surface area (Å²) in [6.45, 7) is 9.53. The van der Waals surface area contributed by atoms with Gasteiger partial charge in [0.15, 0.2) is 12.2 Å². The molecule has 7 atom stereocenters. The number of ether oxygens (including phenoxy) is 4. The molecule has 0 aliphatic carbocycles. The second kappa shape index (κ2) is 64.1. The first-order chi connectivity index (χ1) is 43.9. The number of aliphatic hydroxyl groups excluding tert-OH is 1. The summed E-state index contributed by atoms with van der Waals surface area (Å²) in [6.07, 6.45) is 50.0. The monoisotopic (exact) mass is 1340 g/mol. The molecule has 0 saturated carbocycles. The molecule has 0 aliphatic heterocycles. The second-order valence-corrected chi connectivity index (χ2v) is 29.4. The Bertz CT molecular complexity index is 1770. The first-order valence-corrected chi connectivity index (χ1v) is 40.6. The summed E-state index contributed by atoms with van der Waals surface area (Å²) in [4.78, 5) is 72.6. The molecule has 0 aromatic heterocycles. The minimum atomic E-state index is -4.95. The molecular weight excluding hydrogens is 1200 g/mol. The maximum absolute atomic E-state index is 13.0. The van der Waals surface area contributed by atoms with Crippen molar-refractivity contribution in [3.05, 3.63) is 0 Å². The third kappa shape index (κ3) is 63.9. The number of aliphatic hydroxyl groups is 1. The quantitative estimate of drug-likeness (QED) is 0.0222. The van der Waals surface area contributed by atoms with E-state index < -0.39 is 97.5 Å². The summed E-state index contributed by atoms with van der Waals surface area (Å²) < 4.78 is 68.3. The van der Waals surface area contributed by atoms with Crippen LogP contribution in [-0.2, 0) is 65.4 Å². The highest BCUT2D eigenvalue weighted by molar-refractivity contribution is 7.47. The fraction of sp³-hybridized carbons (Fsp3) is 0.944. The van der Waals surface area contributed by atoms with E-state index in [1.807, 2.05) is 0 Å². The van der Waals surface area contributed by atoms with Crippen LogP contribution in [0.2, 0.25) is 0 Å². The molecule has 0 saturated heterocycles. The molecule has 4 unspecified atom stereocenters. The molecule has 0 bridgehead atoms. The fourth-order valence-electron chi connectivity index (χ4n) is 10.9. The minimum Gasteiger partial charge on any atom is -0.462 e. The molecule has 0 radical (unpaired) electrons. The van der Waals surface area contributed by atoms with Crippen molar-refractivity contribution in [1.82, 2.24) is 0 Å². The van der Waals surface area contributed by atoms with Crippen LogP contribution in [0.15, 0.2) is 0 Å². The Hall–Kier alpha value is -1.94. The number of hydrogen-bond acceptors (Lipinski definition) is 15. The van der Waals surface area contributed by atoms with Crippen molar-refractivity contribution in [3.8, 4) is 0 Å². The minimum absolute atomic E-state index is 0.103. The Balaban J connectivity index is 5.22. The molecule has 0 aromatic carbocycles. The summed E-state index contributed by atoms with van der Waals surface area (Å²) >= 11 is 0. The van der Waals surface area contributed by atoms with Gasteiger partial charge in [0.05, 0.1) is 26.4 Å². The van der Waals surface area contributed by atoms with Gasteiger partial charge in [0.25, 0.3) is 0 Å². The Morgan fingerprint density at radius 1 is 0.308 bits per heavy atom. The lowest BCUT2D eigenvalue weighted by atomic mass is 9.99. The average molecular weight is 1340 g/mol. The highest BCUT2D eigenvalue weighted by Crippen LogP contribution is 2.45. The van der Waals surface area contributed by atoms with Crippen LogP contribution in [0.4, 0.5) is 0 Å². The van der Waals surface area contributed by atoms with Crippen molar-refractivity contribution >= 4 is 39.5 Å². The highest BCUT2D eigenvalue weighted by Gasteiger charge is 2.30. The van der Waals surface area contributed by atoms with Gasteiger partial charge in [-0.1, -0.05) is 318 Å². The summed E-state index contributed by atoms with van der Waals surface area (Å²) in [6, 6.07) is 0. The van der Waals surface area contributed by atoms with Gasteiger partial charge >= 0.3 is 39.5 Å². The van der Waals surface area contributed by atoms with Gasteiger partial charge in [-0.25, -0.2) is 9.13 Å². The standard InChI is InChI=1S/C72H140O17P2/c1-7-11-13-15-17-19-20-21-22-23-24-25-26-27-33-37-44-50-56-71(76)88-67(60-83-70(75)55-49-43-36-32-29-28-31-34-40-46-52-64(5)9-3)62-86-90(78,79)84-58-66(73)59-85-91(80,81)87-63-68(61-82-69(74)54-48-42-35-30-18-16-14-12-8-2)89-72(77)57-51-45-39-38-41-47-53-65(6)10-4/h64-68,73H,7-63H2,1-6H3,(H,78,79)(H,80,81)/t64?,65?,66-,67-,68-/m1/s1. The lowest BCUT2D eigenvalue weighted by Crippen LogP contribution is -2.30. The topological polar surface area (TPSA) is 237 Å². The number of carbonyl (C=O) groups excluding carboxylic acids is 4. The molecule has 0 heterocycles. The van der Waals surface area contributed by atoms with Gasteiger partial charge in [0, 0.05) is 25.7 Å². The van der Waals surface area contributed by atoms with Crippen molar-refractivity contribution in [2.75, 3.05) is 39.6 Å². The lowest BCUT2D eigenvalue weighted by molar-refractivity contribution is -0.161. The third-order valence-electron chi connectivity index (χ3n) is 17.4. The van der Waals surface area contributed by atoms with Crippen molar-refractivity contribution in [2.45, 2.75) is 387 Å². The number of carbonyl (C=O) groups is 4. The number of esters is 4. The summed E-state index contributed by atoms with van der Waals surface area (Å²) in [5.41, 5.74) is 0. The first-order valence-electron chi connectivity index (χ1n) is 37.6. The van der Waals surface area contributed by atoms with E-state index in [0.717, 1.165) is 102 Å². The van der Waals surface area contributed by atoms with Gasteiger partial charge in [-0.05, 0) is 37.5 Å². The maximum Gasteiger partial charge on any atom is 0.472 e. The van der Waals surface area contributed by atoms with Gasteiger partial charge < -0.3 is 33.8 Å². The van der Waals surface area contributed by atoms with E-state index in [1.165, 1.54) is 186 Å². The molecule has 540 valence electrons. The normalized spacial score (nSPS) is 14.7. The van der Waals surface area contributed by atoms with E-state index in [1.54, 1.807) is 0 Å². The van der Waals surface area contributed by atoms with E-state index >= 15 is 0 Å². The Morgan fingerprint density at radius 3 is 0.780 bits per heavy atom. The van der Waals surface area contributed by atoms with Crippen LogP contribution in [0.5, 0.6) is 0 Å². The van der Waals surface area contributed by atoms with Crippen LogP contribution in [0.3, 0.4) is 0 Å². The Morgan fingerprint density at radius 2 is 0.527 bits per heavy atom. The van der Waals surface area contributed by atoms with E-state index in [0.29, 0.717) is 25.7 Å². The lowest BCUT2D eigenvalue weighted by Gasteiger charge is -2.21. The van der Waals surface area contributed by atoms with E-state index in [2.05, 4.69) is 41.5 Å². The van der Waals surface area contributed by atoms with Crippen molar-refractivity contribution in [1.29, 1.82) is 0 Å². The highest BCUT2D eigenvalue weighted by atomic mass is 31.2. The zero-order valence-corrected chi connectivity index (χ0v) is 60.9. The fourth-order valence-corrected chi connectivity index (χ4v) is 12.5. The largest absolute Gasteiger partial charge is 0.472 e. The molecule has 0 amide bonds. The van der Waals surface area contributed by atoms with Crippen molar-refractivity contribution in [2.24, 2.45) is 11.8 Å². The van der Waals surface area contributed by atoms with Crippen LogP contribution >= 0.6 is 15.6 Å². The molecule has 3 N–H and O–H groups in total. The number of phosphoric acid groups is 2. The summed E-state index contributed by atoms with van der Waals surface area (Å²) in [7, 11) is -9.90. The molecular formula is C72H140O17P2. The predicted octanol–water partition coefficient (Wildman–Crippen LogP) is 20.8. The van der Waals surface area contributed by atoms with Crippen LogP contribution in [0.25, 0.3) is 0 Å². The predicted molar refractivity (Wildman–Crippen MR) is 368 cm³/mol. The van der Waals surface area contributed by atoms with Crippen molar-refractivity contribution in [3.63, 3.8) is 0 Å². The van der Waals surface area contributed by atoms with Crippen LogP contribution in [0.1, 0.15) is 369 Å². The molecule has 0 spiro atoms. The summed E-state index contributed by atoms with van der Waals surface area (Å²) in [5.74, 6) is -0.595. The van der Waals surface area contributed by atoms with E-state index in [9.17, 15) is 43.2 Å². The molecule has 0 fully saturated rings. The zero-order chi connectivity index (χ0) is 67.2. The average Bonchev–Trinajstić information content (AvgIpc) is 3.74. The van der Waals surface area contributed by atoms with Crippen LogP contribution in [0, 0.1) is 11.8 Å². The van der Waals surface area contributed by atoms with E-state index in [4.69, 9.17) is 37.0 Å². The number of phosphoric ester groups is 2. The Labute approximate surface area is 556 Å². The molecule has 0 rings (SSSR count). The number of hydrogen-bond donors (Lipinski definition) is 3. The van der Waals surface area contributed by atoms with Crippen LogP contribution < -0.4 is 0 Å². The molecule has 17 nitrogen and oxygen atoms in total. The van der Waals surface area contributed by atoms with Gasteiger partial charge in [0.1, 0.15) is 19.3 Å². The molecule has 0 aliphatic rings. The third-order valence-corrected chi connectivity index (χ3v) is 19.3. The summed E-state index contributed by atoms with van der Waals surface area (Å²) in [5, 5.41) is 10.6. The van der Waals surface area contributed by atoms with Crippen molar-refractivity contribution < 1.29 is 80.2 Å². The SMILES string of the molecule is CCCCCCCCCCCCCCCCCCCCC(=O)O[C@H](COC(=O)CCCCCCCCCCCCC(C)CC)COP(=O)(O)OC[C@@H](O)COP(=O)(O)OC[C@@H](COC(=O)CCCCCCCCCCC)OC(=O)CCCCCCCCC(C)CC. The van der Waals surface area contributed by atoms with Gasteiger partial charge in [-0.3, -0.25) is 37.3 Å². The van der Waals surface area contributed by atoms with E-state index in [-0.39, 0.29) is 25.7 Å². The second-order valence-electron chi connectivity index (χ2n) is 26.5. The number of rotatable bonds is 71. The van der Waals surface area contributed by atoms with Crippen LogP contribution in [-0.4, -0.2) is 96.7 Å². The van der Waals surface area contributed by atoms with Gasteiger partial charge in [0.2, 0.25) is 0 Å². The molecule has 19 heteroatoms.